The second-order valence-corrected chi connectivity index (χ2v) is 7.27. The van der Waals surface area contributed by atoms with Gasteiger partial charge in [-0.15, -0.1) is 12.4 Å². The number of halogens is 2. The van der Waals surface area contributed by atoms with Crippen LogP contribution in [0.25, 0.3) is 0 Å². The van der Waals surface area contributed by atoms with Crippen LogP contribution >= 0.6 is 12.4 Å². The minimum atomic E-state index is -0.683. The minimum absolute atomic E-state index is 0. The van der Waals surface area contributed by atoms with E-state index in [1.807, 2.05) is 4.90 Å². The standard InChI is InChI=1S/C19H26FN3O2.ClH/c20-16-5-3-14(4-6-16)13-22-17(24)15-7-11-23(12-8-15)18(25)19(21)9-1-2-10-19;/h3-6,15H,1-2,7-13,21H2,(H,22,24);1H. The van der Waals surface area contributed by atoms with Gasteiger partial charge in [0.15, 0.2) is 0 Å². The minimum Gasteiger partial charge on any atom is -0.352 e. The Kier molecular flexibility index (Phi) is 7.01. The lowest BCUT2D eigenvalue weighted by Crippen LogP contribution is -2.55. The van der Waals surface area contributed by atoms with Crippen LogP contribution < -0.4 is 11.1 Å². The van der Waals surface area contributed by atoms with Gasteiger partial charge in [-0.05, 0) is 43.4 Å². The summed E-state index contributed by atoms with van der Waals surface area (Å²) in [5, 5.41) is 2.91. The lowest BCUT2D eigenvalue weighted by atomic mass is 9.92. The van der Waals surface area contributed by atoms with Gasteiger partial charge >= 0.3 is 0 Å². The number of amides is 2. The summed E-state index contributed by atoms with van der Waals surface area (Å²) >= 11 is 0. The number of carbonyl (C=O) groups excluding carboxylic acids is 2. The summed E-state index contributed by atoms with van der Waals surface area (Å²) in [6.45, 7) is 1.57. The van der Waals surface area contributed by atoms with Crippen LogP contribution in [0.3, 0.4) is 0 Å². The molecule has 2 amide bonds. The van der Waals surface area contributed by atoms with E-state index in [0.29, 0.717) is 32.5 Å². The summed E-state index contributed by atoms with van der Waals surface area (Å²) in [5.41, 5.74) is 6.44. The lowest BCUT2D eigenvalue weighted by Gasteiger charge is -2.36. The molecule has 5 nitrogen and oxygen atoms in total. The predicted molar refractivity (Wildman–Crippen MR) is 100 cm³/mol. The molecule has 3 N–H and O–H groups in total. The Hall–Kier alpha value is -1.66. The van der Waals surface area contributed by atoms with Crippen molar-refractivity contribution in [1.29, 1.82) is 0 Å². The van der Waals surface area contributed by atoms with Crippen molar-refractivity contribution in [1.82, 2.24) is 10.2 Å². The largest absolute Gasteiger partial charge is 0.352 e. The molecule has 0 spiro atoms. The number of nitrogens with one attached hydrogen (secondary N) is 1. The highest BCUT2D eigenvalue weighted by Crippen LogP contribution is 2.30. The van der Waals surface area contributed by atoms with Gasteiger partial charge in [0, 0.05) is 25.6 Å². The number of nitrogens with two attached hydrogens (primary N) is 1. The first-order valence-electron chi connectivity index (χ1n) is 9.08. The summed E-state index contributed by atoms with van der Waals surface area (Å²) < 4.78 is 12.9. The molecule has 0 atom stereocenters. The average Bonchev–Trinajstić information content (AvgIpc) is 3.08. The molecular formula is C19H27ClFN3O2. The van der Waals surface area contributed by atoms with Gasteiger partial charge in [0.1, 0.15) is 5.82 Å². The molecule has 2 fully saturated rings. The van der Waals surface area contributed by atoms with E-state index in [4.69, 9.17) is 5.73 Å². The maximum Gasteiger partial charge on any atom is 0.242 e. The Bertz CT molecular complexity index is 624. The van der Waals surface area contributed by atoms with Gasteiger partial charge in [-0.25, -0.2) is 4.39 Å². The van der Waals surface area contributed by atoms with Gasteiger partial charge in [-0.3, -0.25) is 9.59 Å². The van der Waals surface area contributed by atoms with E-state index in [2.05, 4.69) is 5.32 Å². The molecule has 26 heavy (non-hydrogen) atoms. The molecule has 3 rings (SSSR count). The first-order chi connectivity index (χ1) is 12.0. The molecule has 1 heterocycles. The average molecular weight is 384 g/mol. The number of carbonyl (C=O) groups is 2. The smallest absolute Gasteiger partial charge is 0.242 e. The molecule has 2 aliphatic rings. The SMILES string of the molecule is Cl.NC1(C(=O)N2CCC(C(=O)NCc3ccc(F)cc3)CC2)CCCC1. The maximum absolute atomic E-state index is 12.9. The summed E-state index contributed by atoms with van der Waals surface area (Å²) in [6.07, 6.45) is 4.90. The molecule has 1 saturated heterocycles. The van der Waals surface area contributed by atoms with Gasteiger partial charge < -0.3 is 16.0 Å². The third kappa shape index (κ3) is 4.74. The molecule has 0 aromatic heterocycles. The van der Waals surface area contributed by atoms with E-state index < -0.39 is 5.54 Å². The van der Waals surface area contributed by atoms with Crippen LogP contribution in [0.4, 0.5) is 4.39 Å². The van der Waals surface area contributed by atoms with Crippen molar-refractivity contribution in [2.24, 2.45) is 11.7 Å². The zero-order valence-corrected chi connectivity index (χ0v) is 15.7. The fraction of sp³-hybridized carbons (Fsp3) is 0.579. The van der Waals surface area contributed by atoms with Crippen LogP contribution in [0.15, 0.2) is 24.3 Å². The monoisotopic (exact) mass is 383 g/mol. The second kappa shape index (κ2) is 8.82. The van der Waals surface area contributed by atoms with Crippen LogP contribution in [-0.2, 0) is 16.1 Å². The normalized spacial score (nSPS) is 19.7. The number of hydrogen-bond acceptors (Lipinski definition) is 3. The Balaban J connectivity index is 0.00000243. The zero-order chi connectivity index (χ0) is 17.9. The van der Waals surface area contributed by atoms with Crippen LogP contribution in [-0.4, -0.2) is 35.3 Å². The van der Waals surface area contributed by atoms with Gasteiger partial charge in [-0.1, -0.05) is 25.0 Å². The van der Waals surface area contributed by atoms with Crippen LogP contribution in [0.5, 0.6) is 0 Å². The molecule has 1 aliphatic heterocycles. The Labute approximate surface area is 159 Å². The molecule has 7 heteroatoms. The quantitative estimate of drug-likeness (QED) is 0.838. The highest BCUT2D eigenvalue weighted by Gasteiger charge is 2.41. The third-order valence-corrected chi connectivity index (χ3v) is 5.45. The molecular weight excluding hydrogens is 357 g/mol. The van der Waals surface area contributed by atoms with Gasteiger partial charge in [0.05, 0.1) is 5.54 Å². The van der Waals surface area contributed by atoms with Gasteiger partial charge in [0.2, 0.25) is 11.8 Å². The van der Waals surface area contributed by atoms with E-state index in [-0.39, 0.29) is 36.0 Å². The van der Waals surface area contributed by atoms with E-state index in [1.54, 1.807) is 12.1 Å². The molecule has 1 aliphatic carbocycles. The van der Waals surface area contributed by atoms with E-state index in [0.717, 1.165) is 31.2 Å². The number of hydrogen-bond donors (Lipinski definition) is 2. The summed E-state index contributed by atoms with van der Waals surface area (Å²) in [6, 6.07) is 6.10. The van der Waals surface area contributed by atoms with Crippen molar-refractivity contribution in [3.8, 4) is 0 Å². The summed E-state index contributed by atoms with van der Waals surface area (Å²) in [5.74, 6) is -0.316. The Morgan fingerprint density at radius 2 is 1.73 bits per heavy atom. The number of piperidine rings is 1. The lowest BCUT2D eigenvalue weighted by molar-refractivity contribution is -0.140. The molecule has 1 saturated carbocycles. The molecule has 1 aromatic rings. The van der Waals surface area contributed by atoms with E-state index in [9.17, 15) is 14.0 Å². The predicted octanol–water partition coefficient (Wildman–Crippen LogP) is 2.37. The number of nitrogens with zero attached hydrogens (tertiary/aromatic N) is 1. The first-order valence-corrected chi connectivity index (χ1v) is 9.08. The van der Waals surface area contributed by atoms with Crippen molar-refractivity contribution in [2.45, 2.75) is 50.6 Å². The van der Waals surface area contributed by atoms with Crippen molar-refractivity contribution in [3.05, 3.63) is 35.6 Å². The summed E-state index contributed by atoms with van der Waals surface area (Å²) in [4.78, 5) is 26.8. The van der Waals surface area contributed by atoms with Crippen molar-refractivity contribution >= 4 is 24.2 Å². The number of rotatable bonds is 4. The third-order valence-electron chi connectivity index (χ3n) is 5.45. The Morgan fingerprint density at radius 1 is 1.15 bits per heavy atom. The van der Waals surface area contributed by atoms with Gasteiger partial charge in [0.25, 0.3) is 0 Å². The molecule has 0 unspecified atom stereocenters. The highest BCUT2D eigenvalue weighted by atomic mass is 35.5. The molecule has 0 radical (unpaired) electrons. The Morgan fingerprint density at radius 3 is 2.31 bits per heavy atom. The van der Waals surface area contributed by atoms with Crippen molar-refractivity contribution in [3.63, 3.8) is 0 Å². The fourth-order valence-electron chi connectivity index (χ4n) is 3.82. The maximum atomic E-state index is 12.9. The van der Waals surface area contributed by atoms with E-state index >= 15 is 0 Å². The second-order valence-electron chi connectivity index (χ2n) is 7.27. The molecule has 1 aromatic carbocycles. The number of benzene rings is 1. The first kappa shape index (κ1) is 20.6. The van der Waals surface area contributed by atoms with Crippen LogP contribution in [0.1, 0.15) is 44.1 Å². The number of likely N-dealkylation sites (tertiary alicyclic amines) is 1. The molecule has 0 bridgehead atoms. The van der Waals surface area contributed by atoms with Crippen molar-refractivity contribution < 1.29 is 14.0 Å². The van der Waals surface area contributed by atoms with Crippen molar-refractivity contribution in [2.75, 3.05) is 13.1 Å². The fourth-order valence-corrected chi connectivity index (χ4v) is 3.82. The zero-order valence-electron chi connectivity index (χ0n) is 14.9. The van der Waals surface area contributed by atoms with E-state index in [1.165, 1.54) is 12.1 Å². The summed E-state index contributed by atoms with van der Waals surface area (Å²) in [7, 11) is 0. The van der Waals surface area contributed by atoms with Gasteiger partial charge in [-0.2, -0.15) is 0 Å². The topological polar surface area (TPSA) is 75.4 Å². The van der Waals surface area contributed by atoms with Crippen LogP contribution in [0.2, 0.25) is 0 Å². The highest BCUT2D eigenvalue weighted by molar-refractivity contribution is 5.87. The molecule has 144 valence electrons. The van der Waals surface area contributed by atoms with Crippen LogP contribution in [0, 0.1) is 11.7 Å².